The number of aryl methyl sites for hydroxylation is 1. The number of rotatable bonds is 5. The van der Waals surface area contributed by atoms with E-state index in [0.29, 0.717) is 5.69 Å². The molecule has 27 heavy (non-hydrogen) atoms. The van der Waals surface area contributed by atoms with Gasteiger partial charge in [-0.25, -0.2) is 9.48 Å². The van der Waals surface area contributed by atoms with Crippen LogP contribution in [0.4, 0.5) is 0 Å². The van der Waals surface area contributed by atoms with Gasteiger partial charge < -0.3 is 10.1 Å². The number of hydrogen-bond donors (Lipinski definition) is 1. The third-order valence-corrected chi connectivity index (χ3v) is 5.16. The molecule has 3 rings (SSSR count). The van der Waals surface area contributed by atoms with Crippen molar-refractivity contribution in [1.29, 1.82) is 0 Å². The molecule has 1 aromatic heterocycles. The van der Waals surface area contributed by atoms with Gasteiger partial charge in [0, 0.05) is 6.04 Å². The summed E-state index contributed by atoms with van der Waals surface area (Å²) >= 11 is 6.38. The second-order valence-corrected chi connectivity index (χ2v) is 7.25. The van der Waals surface area contributed by atoms with Gasteiger partial charge in [0.25, 0.3) is 5.91 Å². The van der Waals surface area contributed by atoms with Crippen molar-refractivity contribution in [2.45, 2.75) is 58.1 Å². The maximum atomic E-state index is 12.6. The first-order valence-electron chi connectivity index (χ1n) is 9.29. The quantitative estimate of drug-likeness (QED) is 0.789. The Morgan fingerprint density at radius 1 is 1.22 bits per heavy atom. The summed E-state index contributed by atoms with van der Waals surface area (Å²) in [6.45, 7) is 3.26. The van der Waals surface area contributed by atoms with Gasteiger partial charge in [0.2, 0.25) is 0 Å². The lowest BCUT2D eigenvalue weighted by Gasteiger charge is -2.24. The molecule has 0 bridgehead atoms. The Hall–Kier alpha value is -2.34. The Labute approximate surface area is 163 Å². The van der Waals surface area contributed by atoms with Crippen molar-refractivity contribution in [3.05, 3.63) is 46.7 Å². The molecular formula is C20H24ClN3O3. The molecular weight excluding hydrogens is 366 g/mol. The average molecular weight is 390 g/mol. The van der Waals surface area contributed by atoms with E-state index in [9.17, 15) is 9.59 Å². The molecule has 0 saturated heterocycles. The highest BCUT2D eigenvalue weighted by Crippen LogP contribution is 2.25. The number of esters is 1. The molecule has 1 heterocycles. The van der Waals surface area contributed by atoms with E-state index in [0.717, 1.165) is 31.4 Å². The van der Waals surface area contributed by atoms with Crippen LogP contribution >= 0.6 is 11.6 Å². The van der Waals surface area contributed by atoms with Crippen molar-refractivity contribution in [3.8, 4) is 5.69 Å². The summed E-state index contributed by atoms with van der Waals surface area (Å²) in [7, 11) is 0. The van der Waals surface area contributed by atoms with Crippen molar-refractivity contribution < 1.29 is 14.3 Å². The number of hydrogen-bond acceptors (Lipinski definition) is 4. The Morgan fingerprint density at radius 3 is 2.56 bits per heavy atom. The lowest BCUT2D eigenvalue weighted by Crippen LogP contribution is -2.42. The minimum absolute atomic E-state index is 0.165. The molecule has 1 aliphatic carbocycles. The molecule has 1 saturated carbocycles. The molecule has 1 amide bonds. The number of amides is 1. The molecule has 0 aliphatic heterocycles. The Morgan fingerprint density at radius 2 is 1.89 bits per heavy atom. The van der Waals surface area contributed by atoms with Crippen LogP contribution in [-0.2, 0) is 9.53 Å². The fourth-order valence-electron chi connectivity index (χ4n) is 3.31. The first kappa shape index (κ1) is 19.4. The average Bonchev–Trinajstić information content (AvgIpc) is 2.97. The fraction of sp³-hybridized carbons (Fsp3) is 0.450. The van der Waals surface area contributed by atoms with Crippen LogP contribution in [0.3, 0.4) is 0 Å². The third kappa shape index (κ3) is 4.50. The van der Waals surface area contributed by atoms with Gasteiger partial charge in [-0.2, -0.15) is 5.10 Å². The number of carbonyl (C=O) groups is 2. The molecule has 6 nitrogen and oxygen atoms in total. The Kier molecular flexibility index (Phi) is 6.16. The zero-order valence-corrected chi connectivity index (χ0v) is 16.3. The minimum Gasteiger partial charge on any atom is -0.449 e. The lowest BCUT2D eigenvalue weighted by molar-refractivity contribution is -0.130. The van der Waals surface area contributed by atoms with Crippen LogP contribution in [0.2, 0.25) is 5.15 Å². The summed E-state index contributed by atoms with van der Waals surface area (Å²) in [5.74, 6) is -0.926. The van der Waals surface area contributed by atoms with E-state index in [1.807, 2.05) is 30.3 Å². The van der Waals surface area contributed by atoms with Crippen molar-refractivity contribution in [2.75, 3.05) is 0 Å². The summed E-state index contributed by atoms with van der Waals surface area (Å²) in [6, 6.07) is 9.45. The first-order chi connectivity index (χ1) is 13.0. The van der Waals surface area contributed by atoms with E-state index in [1.54, 1.807) is 13.8 Å². The van der Waals surface area contributed by atoms with Crippen molar-refractivity contribution in [2.24, 2.45) is 0 Å². The standard InChI is InChI=1S/C20H24ClN3O3/c1-13-17(18(21)24(23-13)16-11-7-4-8-12-16)20(26)27-14(2)19(25)22-15-9-5-3-6-10-15/h4,7-8,11-12,14-15H,3,5-6,9-10H2,1-2H3,(H,22,25)/t14-/m1/s1. The van der Waals surface area contributed by atoms with Crippen LogP contribution < -0.4 is 5.32 Å². The number of carbonyl (C=O) groups excluding carboxylic acids is 2. The monoisotopic (exact) mass is 389 g/mol. The SMILES string of the molecule is Cc1nn(-c2ccccc2)c(Cl)c1C(=O)O[C@H](C)C(=O)NC1CCCCC1. The molecule has 0 unspecified atom stereocenters. The van der Waals surface area contributed by atoms with E-state index in [1.165, 1.54) is 11.1 Å². The molecule has 0 spiro atoms. The molecule has 0 radical (unpaired) electrons. The van der Waals surface area contributed by atoms with Gasteiger partial charge in [-0.15, -0.1) is 0 Å². The minimum atomic E-state index is -0.894. The highest BCUT2D eigenvalue weighted by atomic mass is 35.5. The highest BCUT2D eigenvalue weighted by Gasteiger charge is 2.27. The van der Waals surface area contributed by atoms with Crippen LogP contribution in [0.15, 0.2) is 30.3 Å². The van der Waals surface area contributed by atoms with Crippen molar-refractivity contribution in [3.63, 3.8) is 0 Å². The van der Waals surface area contributed by atoms with Gasteiger partial charge in [0.1, 0.15) is 10.7 Å². The largest absolute Gasteiger partial charge is 0.449 e. The molecule has 1 aromatic carbocycles. The highest BCUT2D eigenvalue weighted by molar-refractivity contribution is 6.33. The molecule has 2 aromatic rings. The first-order valence-corrected chi connectivity index (χ1v) is 9.67. The maximum absolute atomic E-state index is 12.6. The van der Waals surface area contributed by atoms with Crippen molar-refractivity contribution >= 4 is 23.5 Å². The van der Waals surface area contributed by atoms with Gasteiger partial charge in [-0.3, -0.25) is 4.79 Å². The Balaban J connectivity index is 1.68. The smallest absolute Gasteiger partial charge is 0.344 e. The number of nitrogens with one attached hydrogen (secondary N) is 1. The summed E-state index contributed by atoms with van der Waals surface area (Å²) in [4.78, 5) is 24.9. The molecule has 1 atom stereocenters. The maximum Gasteiger partial charge on any atom is 0.344 e. The van der Waals surface area contributed by atoms with Gasteiger partial charge in [-0.05, 0) is 38.8 Å². The van der Waals surface area contributed by atoms with Crippen LogP contribution in [0, 0.1) is 6.92 Å². The number of para-hydroxylation sites is 1. The van der Waals surface area contributed by atoms with Gasteiger partial charge in [-0.1, -0.05) is 49.1 Å². The number of ether oxygens (including phenoxy) is 1. The van der Waals surface area contributed by atoms with Gasteiger partial charge >= 0.3 is 5.97 Å². The van der Waals surface area contributed by atoms with Crippen LogP contribution in [-0.4, -0.2) is 33.8 Å². The van der Waals surface area contributed by atoms with E-state index in [-0.39, 0.29) is 22.7 Å². The third-order valence-electron chi connectivity index (χ3n) is 4.81. The molecule has 1 N–H and O–H groups in total. The zero-order chi connectivity index (χ0) is 19.4. The van der Waals surface area contributed by atoms with Gasteiger partial charge in [0.15, 0.2) is 6.10 Å². The molecule has 7 heteroatoms. The zero-order valence-electron chi connectivity index (χ0n) is 15.6. The van der Waals surface area contributed by atoms with E-state index < -0.39 is 12.1 Å². The number of aromatic nitrogens is 2. The second-order valence-electron chi connectivity index (χ2n) is 6.89. The fourth-order valence-corrected chi connectivity index (χ4v) is 3.66. The molecule has 1 aliphatic rings. The van der Waals surface area contributed by atoms with Gasteiger partial charge in [0.05, 0.1) is 11.4 Å². The summed E-state index contributed by atoms with van der Waals surface area (Å²) in [6.07, 6.45) is 4.50. The number of nitrogens with zero attached hydrogens (tertiary/aromatic N) is 2. The number of halogens is 1. The van der Waals surface area contributed by atoms with E-state index in [4.69, 9.17) is 16.3 Å². The van der Waals surface area contributed by atoms with Crippen LogP contribution in [0.5, 0.6) is 0 Å². The lowest BCUT2D eigenvalue weighted by atomic mass is 9.95. The molecule has 144 valence electrons. The van der Waals surface area contributed by atoms with E-state index >= 15 is 0 Å². The molecule has 1 fully saturated rings. The summed E-state index contributed by atoms with van der Waals surface area (Å²) < 4.78 is 6.85. The van der Waals surface area contributed by atoms with Crippen LogP contribution in [0.25, 0.3) is 5.69 Å². The normalized spacial score (nSPS) is 16.0. The van der Waals surface area contributed by atoms with Crippen molar-refractivity contribution in [1.82, 2.24) is 15.1 Å². The van der Waals surface area contributed by atoms with E-state index in [2.05, 4.69) is 10.4 Å². The predicted octanol–water partition coefficient (Wildman–Crippen LogP) is 3.83. The topological polar surface area (TPSA) is 73.2 Å². The van der Waals surface area contributed by atoms with Crippen LogP contribution in [0.1, 0.15) is 55.1 Å². The number of benzene rings is 1. The summed E-state index contributed by atoms with van der Waals surface area (Å²) in [5.41, 5.74) is 1.37. The Bertz CT molecular complexity index is 813. The second kappa shape index (κ2) is 8.57. The predicted molar refractivity (Wildman–Crippen MR) is 103 cm³/mol. The summed E-state index contributed by atoms with van der Waals surface area (Å²) in [5, 5.41) is 7.47.